The Labute approximate surface area is 83.0 Å². The zero-order valence-electron chi connectivity index (χ0n) is 8.24. The average molecular weight is 192 g/mol. The van der Waals surface area contributed by atoms with E-state index in [9.17, 15) is 4.79 Å². The van der Waals surface area contributed by atoms with Crippen LogP contribution in [0.3, 0.4) is 0 Å². The minimum Gasteiger partial charge on any atom is -0.496 e. The number of rotatable bonds is 3. The summed E-state index contributed by atoms with van der Waals surface area (Å²) < 4.78 is 9.68. The van der Waals surface area contributed by atoms with Gasteiger partial charge in [0.05, 0.1) is 19.8 Å². The summed E-state index contributed by atoms with van der Waals surface area (Å²) in [7, 11) is 2.89. The number of methoxy groups -OCH3 is 2. The molecule has 1 rings (SSSR count). The van der Waals surface area contributed by atoms with E-state index in [0.717, 1.165) is 5.56 Å². The van der Waals surface area contributed by atoms with Crippen molar-refractivity contribution in [3.05, 3.63) is 35.9 Å². The van der Waals surface area contributed by atoms with Gasteiger partial charge >= 0.3 is 5.97 Å². The van der Waals surface area contributed by atoms with E-state index in [2.05, 4.69) is 11.3 Å². The normalized spacial score (nSPS) is 9.29. The lowest BCUT2D eigenvalue weighted by atomic mass is 10.1. The van der Waals surface area contributed by atoms with Gasteiger partial charge in [-0.1, -0.05) is 18.7 Å². The third-order valence-electron chi connectivity index (χ3n) is 1.87. The molecule has 3 heteroatoms. The number of ether oxygens (including phenoxy) is 2. The van der Waals surface area contributed by atoms with Crippen LogP contribution in [0.2, 0.25) is 0 Å². The molecule has 14 heavy (non-hydrogen) atoms. The Kier molecular flexibility index (Phi) is 3.29. The number of hydrogen-bond donors (Lipinski definition) is 0. The number of hydrogen-bond acceptors (Lipinski definition) is 3. The van der Waals surface area contributed by atoms with Crippen molar-refractivity contribution in [3.8, 4) is 5.75 Å². The molecule has 0 aliphatic rings. The Balaban J connectivity index is 3.13. The van der Waals surface area contributed by atoms with E-state index in [-0.39, 0.29) is 5.97 Å². The summed E-state index contributed by atoms with van der Waals surface area (Å²) in [6.45, 7) is 3.64. The molecule has 0 aromatic heterocycles. The number of benzene rings is 1. The molecule has 0 N–H and O–H groups in total. The van der Waals surface area contributed by atoms with Crippen molar-refractivity contribution in [1.29, 1.82) is 0 Å². The molecular formula is C11H12O3. The first-order valence-electron chi connectivity index (χ1n) is 4.11. The third kappa shape index (κ3) is 1.93. The van der Waals surface area contributed by atoms with Gasteiger partial charge in [-0.25, -0.2) is 4.79 Å². The molecule has 0 aliphatic carbocycles. The molecule has 0 bridgehead atoms. The topological polar surface area (TPSA) is 35.5 Å². The van der Waals surface area contributed by atoms with E-state index >= 15 is 0 Å². The van der Waals surface area contributed by atoms with Gasteiger partial charge in [0.15, 0.2) is 0 Å². The van der Waals surface area contributed by atoms with Gasteiger partial charge in [-0.15, -0.1) is 0 Å². The largest absolute Gasteiger partial charge is 0.496 e. The lowest BCUT2D eigenvalue weighted by Crippen LogP contribution is -2.01. The zero-order chi connectivity index (χ0) is 10.6. The fourth-order valence-corrected chi connectivity index (χ4v) is 1.12. The van der Waals surface area contributed by atoms with Crippen LogP contribution >= 0.6 is 0 Å². The smallest absolute Gasteiger partial charge is 0.337 e. The van der Waals surface area contributed by atoms with Crippen molar-refractivity contribution in [2.75, 3.05) is 14.2 Å². The Morgan fingerprint density at radius 1 is 1.43 bits per heavy atom. The standard InChI is InChI=1S/C11H12O3/c1-4-8-5-6-9(11(12)14-3)7-10(8)13-2/h4-7H,1H2,2-3H3. The van der Waals surface area contributed by atoms with E-state index in [1.165, 1.54) is 7.11 Å². The number of carbonyl (C=O) groups excluding carboxylic acids is 1. The van der Waals surface area contributed by atoms with Crippen LogP contribution in [0.15, 0.2) is 24.8 Å². The fraction of sp³-hybridized carbons (Fsp3) is 0.182. The van der Waals surface area contributed by atoms with E-state index in [1.807, 2.05) is 0 Å². The van der Waals surface area contributed by atoms with E-state index in [4.69, 9.17) is 4.74 Å². The summed E-state index contributed by atoms with van der Waals surface area (Å²) in [5, 5.41) is 0. The third-order valence-corrected chi connectivity index (χ3v) is 1.87. The van der Waals surface area contributed by atoms with Crippen LogP contribution in [0.5, 0.6) is 5.75 Å². The molecule has 0 spiro atoms. The van der Waals surface area contributed by atoms with E-state index in [0.29, 0.717) is 11.3 Å². The molecule has 0 saturated carbocycles. The first kappa shape index (κ1) is 10.3. The van der Waals surface area contributed by atoms with Gasteiger partial charge < -0.3 is 9.47 Å². The Morgan fingerprint density at radius 3 is 2.64 bits per heavy atom. The van der Waals surface area contributed by atoms with Gasteiger partial charge in [0.2, 0.25) is 0 Å². The van der Waals surface area contributed by atoms with E-state index < -0.39 is 0 Å². The van der Waals surface area contributed by atoms with Crippen molar-refractivity contribution in [2.24, 2.45) is 0 Å². The van der Waals surface area contributed by atoms with E-state index in [1.54, 1.807) is 31.4 Å². The van der Waals surface area contributed by atoms with Crippen LogP contribution < -0.4 is 4.74 Å². The lowest BCUT2D eigenvalue weighted by molar-refractivity contribution is 0.0600. The zero-order valence-corrected chi connectivity index (χ0v) is 8.24. The van der Waals surface area contributed by atoms with Crippen molar-refractivity contribution in [1.82, 2.24) is 0 Å². The van der Waals surface area contributed by atoms with Crippen molar-refractivity contribution in [3.63, 3.8) is 0 Å². The maximum Gasteiger partial charge on any atom is 0.337 e. The van der Waals surface area contributed by atoms with Crippen molar-refractivity contribution >= 4 is 12.0 Å². The molecule has 0 fully saturated rings. The van der Waals surface area contributed by atoms with Crippen LogP contribution in [-0.2, 0) is 4.74 Å². The highest BCUT2D eigenvalue weighted by atomic mass is 16.5. The predicted molar refractivity (Wildman–Crippen MR) is 54.4 cm³/mol. The van der Waals surface area contributed by atoms with Gasteiger partial charge in [0.1, 0.15) is 5.75 Å². The van der Waals surface area contributed by atoms with Gasteiger partial charge in [-0.05, 0) is 12.1 Å². The molecule has 1 aromatic rings. The van der Waals surface area contributed by atoms with Crippen LogP contribution in [0.4, 0.5) is 0 Å². The molecule has 0 heterocycles. The molecule has 0 unspecified atom stereocenters. The Hall–Kier alpha value is -1.77. The van der Waals surface area contributed by atoms with Gasteiger partial charge in [0.25, 0.3) is 0 Å². The second kappa shape index (κ2) is 4.46. The van der Waals surface area contributed by atoms with Gasteiger partial charge in [-0.2, -0.15) is 0 Å². The predicted octanol–water partition coefficient (Wildman–Crippen LogP) is 2.12. The molecule has 74 valence electrons. The van der Waals surface area contributed by atoms with Crippen LogP contribution in [0.25, 0.3) is 6.08 Å². The molecule has 0 atom stereocenters. The SMILES string of the molecule is C=Cc1ccc(C(=O)OC)cc1OC. The second-order valence-corrected chi connectivity index (χ2v) is 2.65. The van der Waals surface area contributed by atoms with Crippen LogP contribution in [-0.4, -0.2) is 20.2 Å². The highest BCUT2D eigenvalue weighted by Crippen LogP contribution is 2.21. The number of carbonyl (C=O) groups is 1. The fourth-order valence-electron chi connectivity index (χ4n) is 1.12. The summed E-state index contributed by atoms with van der Waals surface area (Å²) in [4.78, 5) is 11.2. The van der Waals surface area contributed by atoms with Gasteiger partial charge in [-0.3, -0.25) is 0 Å². The van der Waals surface area contributed by atoms with Crippen molar-refractivity contribution in [2.45, 2.75) is 0 Å². The maximum atomic E-state index is 11.2. The molecule has 1 aromatic carbocycles. The van der Waals surface area contributed by atoms with Gasteiger partial charge in [0, 0.05) is 5.56 Å². The summed E-state index contributed by atoms with van der Waals surface area (Å²) in [5.74, 6) is 0.238. The summed E-state index contributed by atoms with van der Waals surface area (Å²) in [6, 6.07) is 5.06. The Morgan fingerprint density at radius 2 is 2.14 bits per heavy atom. The monoisotopic (exact) mass is 192 g/mol. The van der Waals surface area contributed by atoms with Crippen molar-refractivity contribution < 1.29 is 14.3 Å². The minimum absolute atomic E-state index is 0.376. The second-order valence-electron chi connectivity index (χ2n) is 2.65. The lowest BCUT2D eigenvalue weighted by Gasteiger charge is -2.06. The first-order chi connectivity index (χ1) is 6.72. The van der Waals surface area contributed by atoms with Crippen LogP contribution in [0.1, 0.15) is 15.9 Å². The quantitative estimate of drug-likeness (QED) is 0.688. The first-order valence-corrected chi connectivity index (χ1v) is 4.11. The minimum atomic E-state index is -0.376. The molecule has 0 saturated heterocycles. The number of esters is 1. The summed E-state index contributed by atoms with van der Waals surface area (Å²) >= 11 is 0. The Bertz CT molecular complexity index is 356. The van der Waals surface area contributed by atoms with Crippen LogP contribution in [0, 0.1) is 0 Å². The molecule has 0 radical (unpaired) electrons. The summed E-state index contributed by atoms with van der Waals surface area (Å²) in [6.07, 6.45) is 1.67. The molecule has 0 amide bonds. The average Bonchev–Trinajstić information content (AvgIpc) is 2.26. The highest BCUT2D eigenvalue weighted by Gasteiger charge is 2.08. The molecular weight excluding hydrogens is 180 g/mol. The molecule has 3 nitrogen and oxygen atoms in total. The maximum absolute atomic E-state index is 11.2. The highest BCUT2D eigenvalue weighted by molar-refractivity contribution is 5.90. The molecule has 0 aliphatic heterocycles. The summed E-state index contributed by atoms with van der Waals surface area (Å²) in [5.41, 5.74) is 1.31.